The lowest BCUT2D eigenvalue weighted by atomic mass is 10.1. The van der Waals surface area contributed by atoms with Crippen LogP contribution >= 0.6 is 15.9 Å². The zero-order chi connectivity index (χ0) is 19.5. The fourth-order valence-electron chi connectivity index (χ4n) is 2.18. The summed E-state index contributed by atoms with van der Waals surface area (Å²) >= 11 is 3.35. The average Bonchev–Trinajstić information content (AvgIpc) is 2.53. The first-order valence-corrected chi connectivity index (χ1v) is 10.3. The van der Waals surface area contributed by atoms with E-state index in [4.69, 9.17) is 4.78 Å². The Labute approximate surface area is 159 Å². The minimum absolute atomic E-state index is 0.0543. The molecule has 1 heterocycles. The summed E-state index contributed by atoms with van der Waals surface area (Å²) < 4.78 is 47.5. The van der Waals surface area contributed by atoms with Crippen LogP contribution in [0.25, 0.3) is 5.57 Å². The maximum atomic E-state index is 13.9. The van der Waals surface area contributed by atoms with E-state index in [9.17, 15) is 13.0 Å². The van der Waals surface area contributed by atoms with Gasteiger partial charge in [-0.25, -0.2) is 23.0 Å². The molecular weight excluding hydrogens is 426 g/mol. The van der Waals surface area contributed by atoms with Gasteiger partial charge in [-0.2, -0.15) is 0 Å². The van der Waals surface area contributed by atoms with Gasteiger partial charge >= 0.3 is 0 Å². The number of allylic oxidation sites excluding steroid dienone is 3. The Morgan fingerprint density at radius 1 is 1.46 bits per heavy atom. The summed E-state index contributed by atoms with van der Waals surface area (Å²) in [7, 11) is -2.71. The number of anilines is 2. The van der Waals surface area contributed by atoms with Gasteiger partial charge < -0.3 is 5.32 Å². The predicted molar refractivity (Wildman–Crippen MR) is 104 cm³/mol. The monoisotopic (exact) mass is 442 g/mol. The fourth-order valence-corrected chi connectivity index (χ4v) is 3.52. The topological polar surface area (TPSA) is 78.7 Å². The molecule has 138 valence electrons. The molecule has 0 fully saturated rings. The first-order valence-electron chi connectivity index (χ1n) is 7.41. The molecule has 0 saturated carbocycles. The molecule has 0 saturated heterocycles. The number of benzene rings is 1. The van der Waals surface area contributed by atoms with Crippen molar-refractivity contribution in [3.8, 4) is 0 Å². The number of halogens is 3. The maximum absolute atomic E-state index is 13.9. The van der Waals surface area contributed by atoms with Gasteiger partial charge in [0.15, 0.2) is 5.82 Å². The summed E-state index contributed by atoms with van der Waals surface area (Å²) in [5, 5.41) is 2.89. The van der Waals surface area contributed by atoms with Crippen molar-refractivity contribution in [3.63, 3.8) is 0 Å². The van der Waals surface area contributed by atoms with Crippen LogP contribution in [0.5, 0.6) is 0 Å². The van der Waals surface area contributed by atoms with Crippen molar-refractivity contribution in [3.05, 3.63) is 64.4 Å². The van der Waals surface area contributed by atoms with Crippen LogP contribution in [0.1, 0.15) is 18.2 Å². The lowest BCUT2D eigenvalue weighted by molar-refractivity contribution is 0.605. The van der Waals surface area contributed by atoms with Gasteiger partial charge in [-0.1, -0.05) is 28.6 Å². The van der Waals surface area contributed by atoms with Crippen LogP contribution in [-0.4, -0.2) is 20.4 Å². The summed E-state index contributed by atoms with van der Waals surface area (Å²) in [6, 6.07) is 5.16. The zero-order valence-corrected chi connectivity index (χ0v) is 16.5. The van der Waals surface area contributed by atoms with E-state index >= 15 is 0 Å². The molecule has 0 spiro atoms. The van der Waals surface area contributed by atoms with Crippen molar-refractivity contribution in [2.75, 3.05) is 11.6 Å². The number of rotatable bonds is 6. The molecule has 0 bridgehead atoms. The van der Waals surface area contributed by atoms with E-state index in [1.165, 1.54) is 19.3 Å². The second kappa shape index (κ2) is 8.05. The van der Waals surface area contributed by atoms with Crippen LogP contribution in [0.3, 0.4) is 0 Å². The number of hydrogen-bond donors (Lipinski definition) is 2. The van der Waals surface area contributed by atoms with E-state index in [1.807, 2.05) is 0 Å². The van der Waals surface area contributed by atoms with Gasteiger partial charge in [0.05, 0.1) is 11.9 Å². The molecule has 1 atom stereocenters. The van der Waals surface area contributed by atoms with Crippen molar-refractivity contribution >= 4 is 42.9 Å². The Bertz CT molecular complexity index is 990. The molecule has 2 aromatic rings. The molecule has 26 heavy (non-hydrogen) atoms. The molecule has 0 aliphatic rings. The third kappa shape index (κ3) is 5.43. The lowest BCUT2D eigenvalue weighted by Crippen LogP contribution is -2.04. The Hall–Kier alpha value is -2.13. The van der Waals surface area contributed by atoms with Crippen molar-refractivity contribution in [1.82, 2.24) is 9.97 Å². The minimum atomic E-state index is -2.71. The first-order chi connectivity index (χ1) is 12.1. The zero-order valence-electron chi connectivity index (χ0n) is 14.1. The van der Waals surface area contributed by atoms with Crippen LogP contribution in [0.4, 0.5) is 20.4 Å². The van der Waals surface area contributed by atoms with Crippen LogP contribution in [0, 0.1) is 10.6 Å². The fraction of sp³-hybridized carbons (Fsp3) is 0.176. The summed E-state index contributed by atoms with van der Waals surface area (Å²) in [5.74, 6) is -1.32. The molecule has 2 rings (SSSR count). The van der Waals surface area contributed by atoms with Gasteiger partial charge in [-0.15, -0.1) is 0 Å². The van der Waals surface area contributed by atoms with Gasteiger partial charge in [0.25, 0.3) is 0 Å². The molecule has 5 nitrogen and oxygen atoms in total. The summed E-state index contributed by atoms with van der Waals surface area (Å²) in [6.45, 7) is 4.98. The summed E-state index contributed by atoms with van der Waals surface area (Å²) in [6.07, 6.45) is 3.46. The quantitative estimate of drug-likeness (QED) is 0.603. The van der Waals surface area contributed by atoms with E-state index < -0.39 is 21.4 Å². The van der Waals surface area contributed by atoms with Gasteiger partial charge in [0, 0.05) is 31.7 Å². The van der Waals surface area contributed by atoms with E-state index in [1.54, 1.807) is 18.2 Å². The Morgan fingerprint density at radius 2 is 2.15 bits per heavy atom. The van der Waals surface area contributed by atoms with Crippen LogP contribution in [0.2, 0.25) is 0 Å². The molecule has 0 amide bonds. The normalized spacial score (nSPS) is 14.0. The van der Waals surface area contributed by atoms with E-state index in [2.05, 4.69) is 37.8 Å². The highest BCUT2D eigenvalue weighted by atomic mass is 79.9. The number of hydrogen-bond acceptors (Lipinski definition) is 5. The van der Waals surface area contributed by atoms with Crippen molar-refractivity contribution in [2.45, 2.75) is 12.7 Å². The Kier molecular flexibility index (Phi) is 6.25. The van der Waals surface area contributed by atoms with E-state index in [-0.39, 0.29) is 23.0 Å². The molecule has 9 heteroatoms. The Morgan fingerprint density at radius 3 is 2.77 bits per heavy atom. The molecule has 0 aliphatic carbocycles. The van der Waals surface area contributed by atoms with Crippen LogP contribution < -0.4 is 5.32 Å². The standard InChI is InChI=1S/C17H17BrF2N4OS/c1-4-14(19)10(2)16-15(20)8-22-17(24-16)23-13-6-11(5-12(18)7-13)9-26(3,21)25/h4-8,21H,2,9H2,1,3H3,(H,22,23,24)/b14-4+. The number of nitrogens with one attached hydrogen (secondary N) is 2. The van der Waals surface area contributed by atoms with Gasteiger partial charge in [0.1, 0.15) is 11.5 Å². The largest absolute Gasteiger partial charge is 0.324 e. The van der Waals surface area contributed by atoms with E-state index in [0.29, 0.717) is 15.7 Å². The molecular formula is C17H17BrF2N4OS. The summed E-state index contributed by atoms with van der Waals surface area (Å²) in [4.78, 5) is 7.83. The average molecular weight is 443 g/mol. The smallest absolute Gasteiger partial charge is 0.227 e. The van der Waals surface area contributed by atoms with Crippen LogP contribution in [-0.2, 0) is 15.5 Å². The predicted octanol–water partition coefficient (Wildman–Crippen LogP) is 5.18. The van der Waals surface area contributed by atoms with Crippen LogP contribution in [0.15, 0.2) is 47.4 Å². The van der Waals surface area contributed by atoms with Crippen molar-refractivity contribution in [1.29, 1.82) is 4.78 Å². The highest BCUT2D eigenvalue weighted by Gasteiger charge is 2.14. The van der Waals surface area contributed by atoms with Crippen molar-refractivity contribution < 1.29 is 13.0 Å². The highest BCUT2D eigenvalue weighted by Crippen LogP contribution is 2.26. The third-order valence-electron chi connectivity index (χ3n) is 3.23. The third-order valence-corrected chi connectivity index (χ3v) is 4.57. The molecule has 0 radical (unpaired) electrons. The first kappa shape index (κ1) is 20.2. The van der Waals surface area contributed by atoms with Gasteiger partial charge in [-0.05, 0) is 30.7 Å². The van der Waals surface area contributed by atoms with Gasteiger partial charge in [-0.3, -0.25) is 4.78 Å². The number of aromatic nitrogens is 2. The highest BCUT2D eigenvalue weighted by molar-refractivity contribution is 9.10. The SMILES string of the molecule is C=C(/C(F)=C\C)c1nc(Nc2cc(Br)cc(CS(C)(=N)=O)c2)ncc1F. The lowest BCUT2D eigenvalue weighted by Gasteiger charge is -2.11. The van der Waals surface area contributed by atoms with E-state index in [0.717, 1.165) is 6.20 Å². The molecule has 0 aliphatic heterocycles. The minimum Gasteiger partial charge on any atom is -0.324 e. The second-order valence-corrected chi connectivity index (χ2v) is 8.84. The van der Waals surface area contributed by atoms with Crippen molar-refractivity contribution in [2.24, 2.45) is 0 Å². The molecule has 1 unspecified atom stereocenters. The summed E-state index contributed by atoms with van der Waals surface area (Å²) in [5.41, 5.74) is 0.810. The Balaban J connectivity index is 2.36. The molecule has 1 aromatic heterocycles. The molecule has 2 N–H and O–H groups in total. The number of nitrogens with zero attached hydrogens (tertiary/aromatic N) is 2. The molecule has 1 aromatic carbocycles. The maximum Gasteiger partial charge on any atom is 0.227 e. The van der Waals surface area contributed by atoms with Gasteiger partial charge in [0.2, 0.25) is 5.95 Å². The second-order valence-electron chi connectivity index (χ2n) is 5.63.